The fraction of sp³-hybridized carbons (Fsp3) is 0. The largest absolute Gasteiger partial charge is 0.508 e. The van der Waals surface area contributed by atoms with Crippen LogP contribution in [0.5, 0.6) is 17.2 Å². The van der Waals surface area contributed by atoms with Gasteiger partial charge in [0.15, 0.2) is 0 Å². The molecule has 0 spiro atoms. The second-order valence-electron chi connectivity index (χ2n) is 8.46. The number of aromatic hydroxyl groups is 1. The van der Waals surface area contributed by atoms with E-state index in [1.807, 2.05) is 12.1 Å². The average molecular weight is 504 g/mol. The Morgan fingerprint density at radius 2 is 0.947 bits per heavy atom. The van der Waals surface area contributed by atoms with E-state index in [0.29, 0.717) is 17.1 Å². The van der Waals surface area contributed by atoms with Crippen LogP contribution in [0.1, 0.15) is 31.1 Å². The normalized spacial score (nSPS) is 10.6. The van der Waals surface area contributed by atoms with E-state index in [4.69, 9.17) is 14.6 Å². The molecule has 0 saturated heterocycles. The molecule has 0 aliphatic rings. The molecule has 0 aliphatic heterocycles. The van der Waals surface area contributed by atoms with Gasteiger partial charge in [-0.3, -0.25) is 0 Å². The molecular formula is C31H20O7. The van der Waals surface area contributed by atoms with Crippen molar-refractivity contribution in [3.8, 4) is 28.4 Å². The van der Waals surface area contributed by atoms with E-state index in [-0.39, 0.29) is 16.9 Å². The van der Waals surface area contributed by atoms with E-state index in [0.717, 1.165) is 21.9 Å². The number of aromatic carboxylic acids is 1. The molecule has 0 amide bonds. The first-order valence-electron chi connectivity index (χ1n) is 11.6. The summed E-state index contributed by atoms with van der Waals surface area (Å²) in [5, 5.41) is 20.2. The van der Waals surface area contributed by atoms with Gasteiger partial charge in [-0.25, -0.2) is 14.4 Å². The summed E-state index contributed by atoms with van der Waals surface area (Å²) in [7, 11) is 0. The van der Waals surface area contributed by atoms with Crippen molar-refractivity contribution in [2.75, 3.05) is 0 Å². The van der Waals surface area contributed by atoms with Crippen molar-refractivity contribution in [1.29, 1.82) is 0 Å². The number of phenols is 1. The van der Waals surface area contributed by atoms with E-state index in [1.165, 1.54) is 24.3 Å². The Bertz CT molecular complexity index is 1650. The second-order valence-corrected chi connectivity index (χ2v) is 8.46. The minimum absolute atomic E-state index is 0.0854. The fourth-order valence-corrected chi connectivity index (χ4v) is 3.87. The van der Waals surface area contributed by atoms with Crippen molar-refractivity contribution < 1.29 is 34.1 Å². The van der Waals surface area contributed by atoms with Crippen molar-refractivity contribution in [3.63, 3.8) is 0 Å². The number of carbonyl (C=O) groups is 3. The maximum Gasteiger partial charge on any atom is 0.343 e. The molecule has 0 aliphatic carbocycles. The van der Waals surface area contributed by atoms with Crippen LogP contribution in [-0.4, -0.2) is 28.1 Å². The molecule has 0 aromatic heterocycles. The summed E-state index contributed by atoms with van der Waals surface area (Å²) in [6.07, 6.45) is 0. The number of hydrogen-bond donors (Lipinski definition) is 2. The third-order valence-corrected chi connectivity index (χ3v) is 5.89. The highest BCUT2D eigenvalue weighted by Crippen LogP contribution is 2.26. The fourth-order valence-electron chi connectivity index (χ4n) is 3.87. The number of rotatable bonds is 6. The van der Waals surface area contributed by atoms with Crippen molar-refractivity contribution >= 4 is 28.7 Å². The minimum atomic E-state index is -1.07. The van der Waals surface area contributed by atoms with Crippen LogP contribution in [0.25, 0.3) is 21.9 Å². The quantitative estimate of drug-likeness (QED) is 0.205. The summed E-state index contributed by atoms with van der Waals surface area (Å²) >= 11 is 0. The standard InChI is InChI=1S/C31H20O7/c32-26-12-7-23-17-25(6-5-24(23)18-26)31(36)38-28-15-10-20(11-16-28)19-8-13-27(14-9-19)37-30(35)22-3-1-21(2-4-22)29(33)34/h1-18,32H,(H,33,34). The number of carbonyl (C=O) groups excluding carboxylic acids is 2. The van der Waals surface area contributed by atoms with Gasteiger partial charge in [-0.1, -0.05) is 36.4 Å². The highest BCUT2D eigenvalue weighted by Gasteiger charge is 2.12. The summed E-state index contributed by atoms with van der Waals surface area (Å²) in [6.45, 7) is 0. The lowest BCUT2D eigenvalue weighted by molar-refractivity contribution is 0.0690. The maximum atomic E-state index is 12.6. The predicted octanol–water partition coefficient (Wildman–Crippen LogP) is 6.35. The van der Waals surface area contributed by atoms with Crippen LogP contribution in [0, 0.1) is 0 Å². The number of carboxylic acids is 1. The zero-order valence-corrected chi connectivity index (χ0v) is 19.8. The van der Waals surface area contributed by atoms with E-state index in [2.05, 4.69) is 0 Å². The number of esters is 2. The topological polar surface area (TPSA) is 110 Å². The smallest absolute Gasteiger partial charge is 0.343 e. The number of benzene rings is 5. The average Bonchev–Trinajstić information content (AvgIpc) is 2.93. The summed E-state index contributed by atoms with van der Waals surface area (Å²) in [5.41, 5.74) is 2.47. The number of ether oxygens (including phenoxy) is 2. The highest BCUT2D eigenvalue weighted by molar-refractivity contribution is 5.97. The molecule has 5 rings (SSSR count). The summed E-state index contributed by atoms with van der Waals surface area (Å²) in [5.74, 6) is -1.25. The molecular weight excluding hydrogens is 484 g/mol. The van der Waals surface area contributed by atoms with Crippen LogP contribution in [0.4, 0.5) is 0 Å². The van der Waals surface area contributed by atoms with Gasteiger partial charge in [-0.2, -0.15) is 0 Å². The number of hydrogen-bond acceptors (Lipinski definition) is 6. The zero-order valence-electron chi connectivity index (χ0n) is 19.8. The molecule has 7 heteroatoms. The minimum Gasteiger partial charge on any atom is -0.508 e. The Hall–Kier alpha value is -5.43. The van der Waals surface area contributed by atoms with Crippen LogP contribution in [0.3, 0.4) is 0 Å². The number of phenolic OH excluding ortho intramolecular Hbond substituents is 1. The molecule has 0 radical (unpaired) electrons. The van der Waals surface area contributed by atoms with E-state index >= 15 is 0 Å². The zero-order chi connectivity index (χ0) is 26.6. The summed E-state index contributed by atoms with van der Waals surface area (Å²) in [4.78, 5) is 35.9. The lowest BCUT2D eigenvalue weighted by Gasteiger charge is -2.08. The van der Waals surface area contributed by atoms with Crippen LogP contribution >= 0.6 is 0 Å². The molecule has 0 atom stereocenters. The van der Waals surface area contributed by atoms with E-state index in [1.54, 1.807) is 72.8 Å². The molecule has 0 unspecified atom stereocenters. The van der Waals surface area contributed by atoms with Crippen molar-refractivity contribution in [1.82, 2.24) is 0 Å². The lowest BCUT2D eigenvalue weighted by Crippen LogP contribution is -2.09. The first kappa shape index (κ1) is 24.3. The lowest BCUT2D eigenvalue weighted by atomic mass is 10.1. The van der Waals surface area contributed by atoms with Crippen molar-refractivity contribution in [2.24, 2.45) is 0 Å². The van der Waals surface area contributed by atoms with Gasteiger partial charge in [0.2, 0.25) is 0 Å². The van der Waals surface area contributed by atoms with Crippen LogP contribution in [-0.2, 0) is 0 Å². The summed E-state index contributed by atoms with van der Waals surface area (Å²) < 4.78 is 10.9. The van der Waals surface area contributed by atoms with Crippen LogP contribution in [0.2, 0.25) is 0 Å². The third kappa shape index (κ3) is 5.37. The third-order valence-electron chi connectivity index (χ3n) is 5.89. The Kier molecular flexibility index (Phi) is 6.57. The molecule has 38 heavy (non-hydrogen) atoms. The first-order valence-corrected chi connectivity index (χ1v) is 11.6. The Balaban J connectivity index is 1.22. The monoisotopic (exact) mass is 504 g/mol. The van der Waals surface area contributed by atoms with Gasteiger partial charge in [-0.05, 0) is 94.7 Å². The molecule has 0 bridgehead atoms. The SMILES string of the molecule is O=C(O)c1ccc(C(=O)Oc2ccc(-c3ccc(OC(=O)c4ccc5cc(O)ccc5c4)cc3)cc2)cc1. The van der Waals surface area contributed by atoms with Crippen molar-refractivity contribution in [2.45, 2.75) is 0 Å². The molecule has 186 valence electrons. The van der Waals surface area contributed by atoms with Gasteiger partial charge in [0, 0.05) is 0 Å². The number of fused-ring (bicyclic) bond motifs is 1. The Morgan fingerprint density at radius 3 is 1.50 bits per heavy atom. The van der Waals surface area contributed by atoms with Gasteiger partial charge < -0.3 is 19.7 Å². The van der Waals surface area contributed by atoms with E-state index < -0.39 is 17.9 Å². The first-order chi connectivity index (χ1) is 18.4. The van der Waals surface area contributed by atoms with Gasteiger partial charge in [0.25, 0.3) is 0 Å². The van der Waals surface area contributed by atoms with Gasteiger partial charge >= 0.3 is 17.9 Å². The molecule has 0 heterocycles. The Morgan fingerprint density at radius 1 is 0.500 bits per heavy atom. The molecule has 2 N–H and O–H groups in total. The highest BCUT2D eigenvalue weighted by atomic mass is 16.5. The number of carboxylic acid groups (broad SMARTS) is 1. The molecule has 7 nitrogen and oxygen atoms in total. The van der Waals surface area contributed by atoms with E-state index in [9.17, 15) is 19.5 Å². The molecule has 5 aromatic rings. The van der Waals surface area contributed by atoms with Gasteiger partial charge in [0.1, 0.15) is 17.2 Å². The molecule has 5 aromatic carbocycles. The summed E-state index contributed by atoms with van der Waals surface area (Å²) in [6, 6.07) is 29.5. The molecule has 0 fully saturated rings. The second kappa shape index (κ2) is 10.3. The Labute approximate surface area is 217 Å². The van der Waals surface area contributed by atoms with Gasteiger partial charge in [0.05, 0.1) is 16.7 Å². The van der Waals surface area contributed by atoms with Gasteiger partial charge in [-0.15, -0.1) is 0 Å². The van der Waals surface area contributed by atoms with Crippen LogP contribution in [0.15, 0.2) is 109 Å². The van der Waals surface area contributed by atoms with Crippen molar-refractivity contribution in [3.05, 3.63) is 126 Å². The maximum absolute atomic E-state index is 12.6. The molecule has 0 saturated carbocycles. The predicted molar refractivity (Wildman–Crippen MR) is 141 cm³/mol. The van der Waals surface area contributed by atoms with Crippen LogP contribution < -0.4 is 9.47 Å².